The van der Waals surface area contributed by atoms with Crippen molar-refractivity contribution in [3.63, 3.8) is 0 Å². The zero-order valence-corrected chi connectivity index (χ0v) is 15.2. The zero-order valence-electron chi connectivity index (χ0n) is 15.2. The SMILES string of the molecule is Nc1c(N2CCCCC2)cc(-c2ccccc2)c2c1C(=O)c1ccccc1-2. The van der Waals surface area contributed by atoms with Crippen molar-refractivity contribution < 1.29 is 4.79 Å². The maximum Gasteiger partial charge on any atom is 0.196 e. The number of piperidine rings is 1. The van der Waals surface area contributed by atoms with Crippen LogP contribution in [-0.2, 0) is 0 Å². The van der Waals surface area contributed by atoms with Crippen LogP contribution in [0.5, 0.6) is 0 Å². The molecule has 1 aliphatic carbocycles. The van der Waals surface area contributed by atoms with Crippen LogP contribution >= 0.6 is 0 Å². The molecular weight excluding hydrogens is 332 g/mol. The lowest BCUT2D eigenvalue weighted by Crippen LogP contribution is -2.30. The van der Waals surface area contributed by atoms with Gasteiger partial charge in [-0.25, -0.2) is 0 Å². The first kappa shape index (κ1) is 16.1. The molecule has 1 aliphatic heterocycles. The normalized spacial score (nSPS) is 15.6. The van der Waals surface area contributed by atoms with E-state index in [0.29, 0.717) is 11.3 Å². The first-order chi connectivity index (χ1) is 13.3. The van der Waals surface area contributed by atoms with Crippen LogP contribution in [0.1, 0.15) is 35.2 Å². The fraction of sp³-hybridized carbons (Fsp3) is 0.208. The van der Waals surface area contributed by atoms with Gasteiger partial charge in [-0.3, -0.25) is 4.79 Å². The Labute approximate surface area is 159 Å². The maximum atomic E-state index is 13.2. The van der Waals surface area contributed by atoms with Crippen molar-refractivity contribution in [2.75, 3.05) is 23.7 Å². The Kier molecular flexibility index (Phi) is 3.75. The van der Waals surface area contributed by atoms with Gasteiger partial charge < -0.3 is 10.6 Å². The second-order valence-electron chi connectivity index (χ2n) is 7.40. The molecular formula is C24H22N2O. The standard InChI is InChI=1S/C24H22N2O/c25-23-20(26-13-7-2-8-14-26)15-19(16-9-3-1-4-10-16)21-17-11-5-6-12-18(17)24(27)22(21)23/h1,3-6,9-12,15H,2,7-8,13-14,25H2. The van der Waals surface area contributed by atoms with Crippen LogP contribution in [0.15, 0.2) is 60.7 Å². The molecule has 3 nitrogen and oxygen atoms in total. The number of carbonyl (C=O) groups excluding carboxylic acids is 1. The van der Waals surface area contributed by atoms with Gasteiger partial charge in [-0.1, -0.05) is 54.6 Å². The molecule has 2 aliphatic rings. The third-order valence-corrected chi connectivity index (χ3v) is 5.80. The van der Waals surface area contributed by atoms with Gasteiger partial charge in [-0.05, 0) is 42.0 Å². The topological polar surface area (TPSA) is 46.3 Å². The average molecular weight is 354 g/mol. The number of hydrogen-bond acceptors (Lipinski definition) is 3. The number of carbonyl (C=O) groups is 1. The van der Waals surface area contributed by atoms with Gasteiger partial charge in [0.1, 0.15) is 0 Å². The molecule has 0 atom stereocenters. The number of fused-ring (bicyclic) bond motifs is 3. The Balaban J connectivity index is 1.81. The van der Waals surface area contributed by atoms with Crippen molar-refractivity contribution in [2.24, 2.45) is 0 Å². The molecule has 27 heavy (non-hydrogen) atoms. The second-order valence-corrected chi connectivity index (χ2v) is 7.40. The van der Waals surface area contributed by atoms with Crippen LogP contribution in [0, 0.1) is 0 Å². The number of nitrogens with two attached hydrogens (primary N) is 1. The molecule has 5 rings (SSSR count). The highest BCUT2D eigenvalue weighted by Crippen LogP contribution is 2.48. The summed E-state index contributed by atoms with van der Waals surface area (Å²) < 4.78 is 0. The Morgan fingerprint density at radius 3 is 2.15 bits per heavy atom. The van der Waals surface area contributed by atoms with Crippen LogP contribution in [0.2, 0.25) is 0 Å². The minimum atomic E-state index is 0.0501. The van der Waals surface area contributed by atoms with Gasteiger partial charge in [0.2, 0.25) is 0 Å². The number of hydrogen-bond donors (Lipinski definition) is 1. The van der Waals surface area contributed by atoms with E-state index < -0.39 is 0 Å². The van der Waals surface area contributed by atoms with Crippen LogP contribution in [0.25, 0.3) is 22.3 Å². The van der Waals surface area contributed by atoms with Crippen molar-refractivity contribution in [3.8, 4) is 22.3 Å². The van der Waals surface area contributed by atoms with Gasteiger partial charge in [0.15, 0.2) is 5.78 Å². The molecule has 3 aromatic rings. The lowest BCUT2D eigenvalue weighted by molar-refractivity contribution is 0.104. The van der Waals surface area contributed by atoms with Crippen molar-refractivity contribution >= 4 is 17.2 Å². The lowest BCUT2D eigenvalue weighted by atomic mass is 9.91. The molecule has 0 amide bonds. The summed E-state index contributed by atoms with van der Waals surface area (Å²) in [6, 6.07) is 20.4. The Morgan fingerprint density at radius 1 is 0.741 bits per heavy atom. The van der Waals surface area contributed by atoms with Crippen LogP contribution < -0.4 is 10.6 Å². The third kappa shape index (κ3) is 2.46. The second kappa shape index (κ2) is 6.27. The van der Waals surface area contributed by atoms with Crippen molar-refractivity contribution in [1.82, 2.24) is 0 Å². The summed E-state index contributed by atoms with van der Waals surface area (Å²) in [5, 5.41) is 0. The van der Waals surface area contributed by atoms with E-state index >= 15 is 0 Å². The van der Waals surface area contributed by atoms with E-state index in [-0.39, 0.29) is 5.78 Å². The monoisotopic (exact) mass is 354 g/mol. The minimum absolute atomic E-state index is 0.0501. The fourth-order valence-corrected chi connectivity index (χ4v) is 4.48. The summed E-state index contributed by atoms with van der Waals surface area (Å²) in [7, 11) is 0. The number of nitrogens with zero attached hydrogens (tertiary/aromatic N) is 1. The number of ketones is 1. The maximum absolute atomic E-state index is 13.2. The molecule has 1 fully saturated rings. The van der Waals surface area contributed by atoms with Crippen LogP contribution in [0.3, 0.4) is 0 Å². The summed E-state index contributed by atoms with van der Waals surface area (Å²) in [5.74, 6) is 0.0501. The van der Waals surface area contributed by atoms with E-state index in [1.165, 1.54) is 19.3 Å². The predicted molar refractivity (Wildman–Crippen MR) is 111 cm³/mol. The summed E-state index contributed by atoms with van der Waals surface area (Å²) in [6.45, 7) is 2.00. The number of rotatable bonds is 2. The van der Waals surface area contributed by atoms with Crippen molar-refractivity contribution in [3.05, 3.63) is 71.8 Å². The molecule has 3 aromatic carbocycles. The summed E-state index contributed by atoms with van der Waals surface area (Å²) in [5.41, 5.74) is 13.9. The van der Waals surface area contributed by atoms with Gasteiger partial charge in [0.25, 0.3) is 0 Å². The molecule has 0 bridgehead atoms. The largest absolute Gasteiger partial charge is 0.396 e. The summed E-state index contributed by atoms with van der Waals surface area (Å²) >= 11 is 0. The average Bonchev–Trinajstić information content (AvgIpc) is 3.03. The van der Waals surface area contributed by atoms with Crippen molar-refractivity contribution in [1.29, 1.82) is 0 Å². The summed E-state index contributed by atoms with van der Waals surface area (Å²) in [4.78, 5) is 15.6. The van der Waals surface area contributed by atoms with E-state index in [4.69, 9.17) is 5.73 Å². The number of nitrogen functional groups attached to an aromatic ring is 1. The fourth-order valence-electron chi connectivity index (χ4n) is 4.48. The zero-order chi connectivity index (χ0) is 18.4. The highest BCUT2D eigenvalue weighted by molar-refractivity contribution is 6.27. The number of anilines is 2. The quantitative estimate of drug-likeness (QED) is 0.507. The molecule has 0 saturated carbocycles. The smallest absolute Gasteiger partial charge is 0.196 e. The predicted octanol–water partition coefficient (Wildman–Crippen LogP) is 5.14. The number of benzene rings is 3. The van der Waals surface area contributed by atoms with Gasteiger partial charge in [-0.2, -0.15) is 0 Å². The Bertz CT molecular complexity index is 1030. The van der Waals surface area contributed by atoms with E-state index in [0.717, 1.165) is 46.6 Å². The molecule has 0 spiro atoms. The molecule has 1 saturated heterocycles. The highest BCUT2D eigenvalue weighted by Gasteiger charge is 2.33. The Hall–Kier alpha value is -3.07. The third-order valence-electron chi connectivity index (χ3n) is 5.80. The van der Waals surface area contributed by atoms with Crippen molar-refractivity contribution in [2.45, 2.75) is 19.3 Å². The van der Waals surface area contributed by atoms with E-state index in [1.54, 1.807) is 0 Å². The minimum Gasteiger partial charge on any atom is -0.396 e. The summed E-state index contributed by atoms with van der Waals surface area (Å²) in [6.07, 6.45) is 3.61. The molecule has 1 heterocycles. The van der Waals surface area contributed by atoms with E-state index in [1.807, 2.05) is 42.5 Å². The lowest BCUT2D eigenvalue weighted by Gasteiger charge is -2.31. The molecule has 0 unspecified atom stereocenters. The van der Waals surface area contributed by atoms with Gasteiger partial charge in [0, 0.05) is 24.2 Å². The molecule has 3 heteroatoms. The highest BCUT2D eigenvalue weighted by atomic mass is 16.1. The van der Waals surface area contributed by atoms with Gasteiger partial charge in [0.05, 0.1) is 16.9 Å². The van der Waals surface area contributed by atoms with Crippen LogP contribution in [0.4, 0.5) is 11.4 Å². The molecule has 0 aromatic heterocycles. The molecule has 0 radical (unpaired) electrons. The van der Waals surface area contributed by atoms with Gasteiger partial charge >= 0.3 is 0 Å². The van der Waals surface area contributed by atoms with E-state index in [9.17, 15) is 4.79 Å². The molecule has 2 N–H and O–H groups in total. The first-order valence-corrected chi connectivity index (χ1v) is 9.66. The Morgan fingerprint density at radius 2 is 1.41 bits per heavy atom. The van der Waals surface area contributed by atoms with Crippen LogP contribution in [-0.4, -0.2) is 18.9 Å². The van der Waals surface area contributed by atoms with E-state index in [2.05, 4.69) is 23.1 Å². The first-order valence-electron chi connectivity index (χ1n) is 9.66. The molecule has 134 valence electrons. The van der Waals surface area contributed by atoms with Gasteiger partial charge in [-0.15, -0.1) is 0 Å².